The molecule has 342 valence electrons. The maximum atomic E-state index is 12.6. The van der Waals surface area contributed by atoms with Crippen molar-refractivity contribution in [2.45, 2.75) is 182 Å². The topological polar surface area (TPSA) is 273 Å². The maximum absolute atomic E-state index is 12.6. The molecule has 0 amide bonds. The molecule has 0 aromatic heterocycles. The Labute approximate surface area is 349 Å². The summed E-state index contributed by atoms with van der Waals surface area (Å²) in [6.07, 6.45) is -12.3. The highest BCUT2D eigenvalue weighted by atomic mass is 16.7. The number of carbonyl (C=O) groups excluding carboxylic acids is 1. The van der Waals surface area contributed by atoms with Gasteiger partial charge in [-0.25, -0.2) is 4.79 Å². The van der Waals surface area contributed by atoms with Crippen LogP contribution in [0, 0.1) is 34.5 Å². The summed E-state index contributed by atoms with van der Waals surface area (Å²) in [6, 6.07) is 0. The molecule has 0 radical (unpaired) electrons. The van der Waals surface area contributed by atoms with E-state index in [9.17, 15) is 50.8 Å². The van der Waals surface area contributed by atoms with Crippen molar-refractivity contribution in [2.24, 2.45) is 34.5 Å². The quantitative estimate of drug-likeness (QED) is 0.0918. The standard InChI is InChI=1S/C42H66O18/c1-18-28(44)36(53-4)35(51)38(57-18)56-16-25-29(45)31(47)33(49)37(59-25)55-17-26-30(46)32(48)34(50)39(60-26)58-21-7-10-40(2)20(14-21)5-6-24-23(40)8-11-41(3)22(9-12-42(24,41)52)19-13-27(43)54-15-19/h13,18,20-26,28-39,44-52H,5-12,14-17H2,1-4H3/t18-,20-,21-,22-,23+,24-,25+,26-,28+,29+,30-,31+,32+,33+,34-,35+,36-,37+,38+,39-,40+,41-,42-/m0/s1. The molecule has 7 fully saturated rings. The van der Waals surface area contributed by atoms with Gasteiger partial charge in [-0.15, -0.1) is 0 Å². The highest BCUT2D eigenvalue weighted by Crippen LogP contribution is 2.70. The third kappa shape index (κ3) is 7.60. The molecule has 0 aromatic rings. The Bertz CT molecular complexity index is 1570. The minimum Gasteiger partial charge on any atom is -0.458 e. The average molecular weight is 859 g/mol. The number of rotatable bonds is 10. The average Bonchev–Trinajstić information content (AvgIpc) is 3.77. The van der Waals surface area contributed by atoms with Gasteiger partial charge in [-0.1, -0.05) is 13.8 Å². The van der Waals surface area contributed by atoms with Crippen LogP contribution in [-0.4, -0.2) is 183 Å². The molecule has 4 saturated carbocycles. The van der Waals surface area contributed by atoms with Crippen molar-refractivity contribution in [3.63, 3.8) is 0 Å². The number of cyclic esters (lactones) is 1. The molecule has 8 aliphatic rings. The van der Waals surface area contributed by atoms with Gasteiger partial charge in [0.2, 0.25) is 0 Å². The molecule has 0 unspecified atom stereocenters. The number of esters is 1. The molecular weight excluding hydrogens is 792 g/mol. The summed E-state index contributed by atoms with van der Waals surface area (Å²) in [5, 5.41) is 98.3. The summed E-state index contributed by atoms with van der Waals surface area (Å²) < 4.78 is 45.6. The lowest BCUT2D eigenvalue weighted by Crippen LogP contribution is -2.63. The number of methoxy groups -OCH3 is 1. The Morgan fingerprint density at radius 1 is 0.700 bits per heavy atom. The van der Waals surface area contributed by atoms with Gasteiger partial charge in [0.1, 0.15) is 73.8 Å². The van der Waals surface area contributed by atoms with E-state index in [0.29, 0.717) is 31.8 Å². The van der Waals surface area contributed by atoms with E-state index in [0.717, 1.165) is 44.1 Å². The predicted molar refractivity (Wildman–Crippen MR) is 203 cm³/mol. The molecule has 18 nitrogen and oxygen atoms in total. The van der Waals surface area contributed by atoms with Gasteiger partial charge in [0.15, 0.2) is 18.9 Å². The number of hydrogen-bond acceptors (Lipinski definition) is 18. The second-order valence-electron chi connectivity index (χ2n) is 19.4. The Hall–Kier alpha value is -1.43. The summed E-state index contributed by atoms with van der Waals surface area (Å²) in [4.78, 5) is 11.9. The van der Waals surface area contributed by atoms with Crippen molar-refractivity contribution in [1.82, 2.24) is 0 Å². The third-order valence-corrected chi connectivity index (χ3v) is 16.5. The molecule has 4 aliphatic heterocycles. The van der Waals surface area contributed by atoms with Gasteiger partial charge in [0.25, 0.3) is 0 Å². The fraction of sp³-hybridized carbons (Fsp3) is 0.929. The Kier molecular flexibility index (Phi) is 12.9. The summed E-state index contributed by atoms with van der Waals surface area (Å²) >= 11 is 0. The maximum Gasteiger partial charge on any atom is 0.331 e. The molecule has 18 heteroatoms. The first-order valence-corrected chi connectivity index (χ1v) is 21.8. The third-order valence-electron chi connectivity index (χ3n) is 16.5. The molecule has 4 heterocycles. The van der Waals surface area contributed by atoms with Crippen LogP contribution in [0.25, 0.3) is 0 Å². The Morgan fingerprint density at radius 2 is 1.33 bits per heavy atom. The fourth-order valence-electron chi connectivity index (χ4n) is 12.8. The van der Waals surface area contributed by atoms with Crippen LogP contribution in [0.1, 0.15) is 78.6 Å². The Balaban J connectivity index is 0.864. The minimum absolute atomic E-state index is 0.0415. The van der Waals surface area contributed by atoms with Gasteiger partial charge < -0.3 is 83.9 Å². The molecular formula is C42H66O18. The minimum atomic E-state index is -1.75. The lowest BCUT2D eigenvalue weighted by molar-refractivity contribution is -0.345. The normalized spacial score (nSPS) is 54.4. The molecule has 8 rings (SSSR count). The number of aliphatic hydroxyl groups is 9. The van der Waals surface area contributed by atoms with E-state index in [4.69, 9.17) is 37.9 Å². The molecule has 9 N–H and O–H groups in total. The van der Waals surface area contributed by atoms with Crippen molar-refractivity contribution in [1.29, 1.82) is 0 Å². The highest BCUT2D eigenvalue weighted by Gasteiger charge is 2.68. The zero-order valence-corrected chi connectivity index (χ0v) is 34.8. The second-order valence-corrected chi connectivity index (χ2v) is 19.4. The summed E-state index contributed by atoms with van der Waals surface area (Å²) in [5.74, 6) is 0.561. The van der Waals surface area contributed by atoms with Gasteiger partial charge >= 0.3 is 5.97 Å². The van der Waals surface area contributed by atoms with Crippen LogP contribution >= 0.6 is 0 Å². The monoisotopic (exact) mass is 858 g/mol. The van der Waals surface area contributed by atoms with Crippen LogP contribution < -0.4 is 0 Å². The largest absolute Gasteiger partial charge is 0.458 e. The van der Waals surface area contributed by atoms with Gasteiger partial charge in [-0.05, 0) is 99.4 Å². The zero-order valence-electron chi connectivity index (χ0n) is 34.8. The van der Waals surface area contributed by atoms with Gasteiger partial charge in [-0.2, -0.15) is 0 Å². The van der Waals surface area contributed by atoms with Gasteiger partial charge in [0, 0.05) is 18.6 Å². The van der Waals surface area contributed by atoms with Crippen LogP contribution in [0.5, 0.6) is 0 Å². The van der Waals surface area contributed by atoms with E-state index in [-0.39, 0.29) is 40.7 Å². The smallest absolute Gasteiger partial charge is 0.331 e. The molecule has 4 aliphatic carbocycles. The van der Waals surface area contributed by atoms with Crippen LogP contribution in [0.4, 0.5) is 0 Å². The van der Waals surface area contributed by atoms with E-state index in [1.807, 2.05) is 0 Å². The number of fused-ring (bicyclic) bond motifs is 5. The van der Waals surface area contributed by atoms with Crippen molar-refractivity contribution in [3.05, 3.63) is 11.6 Å². The van der Waals surface area contributed by atoms with Gasteiger partial charge in [0.05, 0.1) is 31.0 Å². The lowest BCUT2D eigenvalue weighted by Gasteiger charge is -2.64. The number of ether oxygens (including phenoxy) is 8. The molecule has 23 atom stereocenters. The summed E-state index contributed by atoms with van der Waals surface area (Å²) in [5.41, 5.74) is -0.197. The SMILES string of the molecule is CO[C@@H]1[C@@H](O)[C@H](OC[C@H]2O[C@@H](OC[C@@H]3O[C@H](O[C@H]4CC[C@]5(C)[C@@H](CC[C@H]6[C@H]5CC[C@@]5(C)[C@H](C7=CC(=O)OC7)CC[C@]65O)C4)[C@@H](O)[C@H](O)[C@H]3O)[C@H](O)[C@H](O)[C@@H]2O)O[C@@H](C)[C@H]1O. The first kappa shape index (κ1) is 45.1. The van der Waals surface area contributed by atoms with E-state index >= 15 is 0 Å². The van der Waals surface area contributed by atoms with Crippen LogP contribution in [0.2, 0.25) is 0 Å². The van der Waals surface area contributed by atoms with Crippen molar-refractivity contribution < 1.29 is 88.6 Å². The molecule has 0 bridgehead atoms. The van der Waals surface area contributed by atoms with E-state index in [1.54, 1.807) is 13.0 Å². The van der Waals surface area contributed by atoms with Crippen molar-refractivity contribution >= 4 is 5.97 Å². The first-order valence-electron chi connectivity index (χ1n) is 21.8. The van der Waals surface area contributed by atoms with Crippen LogP contribution in [0.15, 0.2) is 11.6 Å². The number of aliphatic hydroxyl groups excluding tert-OH is 8. The fourth-order valence-corrected chi connectivity index (χ4v) is 12.8. The van der Waals surface area contributed by atoms with E-state index in [2.05, 4.69) is 13.8 Å². The highest BCUT2D eigenvalue weighted by molar-refractivity contribution is 5.85. The van der Waals surface area contributed by atoms with Crippen molar-refractivity contribution in [2.75, 3.05) is 26.9 Å². The zero-order chi connectivity index (χ0) is 43.1. The van der Waals surface area contributed by atoms with Crippen molar-refractivity contribution in [3.8, 4) is 0 Å². The Morgan fingerprint density at radius 3 is 1.97 bits per heavy atom. The molecule has 0 spiro atoms. The van der Waals surface area contributed by atoms with Crippen LogP contribution in [0.3, 0.4) is 0 Å². The molecule has 3 saturated heterocycles. The van der Waals surface area contributed by atoms with E-state index < -0.39 is 111 Å². The first-order chi connectivity index (χ1) is 28.4. The number of hydrogen-bond donors (Lipinski definition) is 9. The second kappa shape index (κ2) is 17.2. The summed E-state index contributed by atoms with van der Waals surface area (Å²) in [7, 11) is 1.32. The van der Waals surface area contributed by atoms with E-state index in [1.165, 1.54) is 7.11 Å². The number of carbonyl (C=O) groups is 1. The van der Waals surface area contributed by atoms with Crippen LogP contribution in [-0.2, 0) is 42.7 Å². The summed E-state index contributed by atoms with van der Waals surface area (Å²) in [6.45, 7) is 5.52. The van der Waals surface area contributed by atoms with Gasteiger partial charge in [-0.3, -0.25) is 0 Å². The molecule has 60 heavy (non-hydrogen) atoms. The molecule has 0 aromatic carbocycles. The predicted octanol–water partition coefficient (Wildman–Crippen LogP) is -1.24. The lowest BCUT2D eigenvalue weighted by atomic mass is 9.43.